The van der Waals surface area contributed by atoms with Crippen LogP contribution in [0.2, 0.25) is 0 Å². The maximum atomic E-state index is 5.16. The standard InChI is InChI=1S/C43H21N/c1-2-11-25-23(10-1)24-14-6-16-28-29-18-8-19-31-30-17-7-15-27-26-13-5-9-22-21-44-33-20-4-3-12-32(33)39-38(25)41(35(24)28)43(37(29)31)42(36(27)30)40(39)34(22)26/h1-21H. The van der Waals surface area contributed by atoms with Crippen molar-refractivity contribution in [2.24, 2.45) is 0 Å². The average Bonchev–Trinajstić information content (AvgIpc) is 3.08. The SMILES string of the molecule is c1ccc2c(c1)ncc1cccc3c4cccc5c6cccc7c8cccc9c%10ccccc%10c%10c2c(c13)c(c45)c(c76)c%10c98. The number of nitrogens with zero attached hydrogens (tertiary/aromatic N) is 1. The number of para-hydroxylation sites is 1. The van der Waals surface area contributed by atoms with Gasteiger partial charge in [0.15, 0.2) is 0 Å². The number of hydrogen-bond donors (Lipinski definition) is 0. The Bertz CT molecular complexity index is 3100. The summed E-state index contributed by atoms with van der Waals surface area (Å²) in [6, 6.07) is 45.4. The zero-order chi connectivity index (χ0) is 28.3. The highest BCUT2D eigenvalue weighted by atomic mass is 14.6. The summed E-state index contributed by atoms with van der Waals surface area (Å²) in [5, 5.41) is 28.0. The molecular formula is C43H21N. The molecule has 12 aromatic rings. The fraction of sp³-hybridized carbons (Fsp3) is 0. The largest absolute Gasteiger partial charge is 0.256 e. The second-order valence-electron chi connectivity index (χ2n) is 12.5. The summed E-state index contributed by atoms with van der Waals surface area (Å²) in [6.45, 7) is 0. The lowest BCUT2D eigenvalue weighted by molar-refractivity contribution is 1.46. The van der Waals surface area contributed by atoms with E-state index in [-0.39, 0.29) is 0 Å². The van der Waals surface area contributed by atoms with Gasteiger partial charge < -0.3 is 0 Å². The highest BCUT2D eigenvalue weighted by Gasteiger charge is 2.27. The second-order valence-corrected chi connectivity index (χ2v) is 12.5. The molecule has 0 aliphatic rings. The fourth-order valence-electron chi connectivity index (χ4n) is 9.15. The summed E-state index contributed by atoms with van der Waals surface area (Å²) in [7, 11) is 0. The van der Waals surface area contributed by atoms with Crippen LogP contribution in [0.3, 0.4) is 0 Å². The third kappa shape index (κ3) is 2.25. The molecule has 12 rings (SSSR count). The van der Waals surface area contributed by atoms with Crippen molar-refractivity contribution in [3.05, 3.63) is 128 Å². The van der Waals surface area contributed by atoms with Crippen molar-refractivity contribution in [1.82, 2.24) is 4.98 Å². The number of rotatable bonds is 0. The quantitative estimate of drug-likeness (QED) is 0.135. The van der Waals surface area contributed by atoms with Crippen LogP contribution in [0.25, 0.3) is 119 Å². The van der Waals surface area contributed by atoms with Gasteiger partial charge in [-0.2, -0.15) is 0 Å². The molecule has 0 amide bonds. The van der Waals surface area contributed by atoms with E-state index in [9.17, 15) is 0 Å². The molecule has 0 bridgehead atoms. The van der Waals surface area contributed by atoms with Crippen LogP contribution in [0, 0.1) is 0 Å². The lowest BCUT2D eigenvalue weighted by Gasteiger charge is -2.26. The summed E-state index contributed by atoms with van der Waals surface area (Å²) in [5.41, 5.74) is 1.02. The molecule has 0 fully saturated rings. The molecule has 0 N–H and O–H groups in total. The predicted molar refractivity (Wildman–Crippen MR) is 190 cm³/mol. The number of aromatic nitrogens is 1. The van der Waals surface area contributed by atoms with Gasteiger partial charge in [-0.15, -0.1) is 0 Å². The van der Waals surface area contributed by atoms with Gasteiger partial charge in [-0.25, -0.2) is 0 Å². The Balaban J connectivity index is 1.68. The van der Waals surface area contributed by atoms with Gasteiger partial charge in [0, 0.05) is 27.7 Å². The molecule has 198 valence electrons. The first-order valence-corrected chi connectivity index (χ1v) is 15.4. The first kappa shape index (κ1) is 21.8. The van der Waals surface area contributed by atoms with Crippen molar-refractivity contribution in [3.63, 3.8) is 0 Å². The van der Waals surface area contributed by atoms with Gasteiger partial charge in [-0.3, -0.25) is 4.98 Å². The van der Waals surface area contributed by atoms with E-state index in [2.05, 4.69) is 128 Å². The van der Waals surface area contributed by atoms with Crippen molar-refractivity contribution < 1.29 is 0 Å². The molecule has 1 aromatic heterocycles. The molecule has 0 aliphatic carbocycles. The third-order valence-electron chi connectivity index (χ3n) is 10.7. The van der Waals surface area contributed by atoms with Crippen molar-refractivity contribution in [3.8, 4) is 0 Å². The smallest absolute Gasteiger partial charge is 0.0708 e. The molecule has 0 radical (unpaired) electrons. The molecule has 0 spiro atoms. The predicted octanol–water partition coefficient (Wildman–Crippen LogP) is 12.1. The van der Waals surface area contributed by atoms with E-state index in [0.717, 1.165) is 5.52 Å². The van der Waals surface area contributed by atoms with E-state index < -0.39 is 0 Å². The Morgan fingerprint density at radius 3 is 1.23 bits per heavy atom. The van der Waals surface area contributed by atoms with E-state index in [1.165, 1.54) is 113 Å². The van der Waals surface area contributed by atoms with Gasteiger partial charge >= 0.3 is 0 Å². The molecule has 1 nitrogen and oxygen atoms in total. The molecule has 0 unspecified atom stereocenters. The van der Waals surface area contributed by atoms with E-state index in [1.807, 2.05) is 0 Å². The van der Waals surface area contributed by atoms with Crippen LogP contribution in [0.5, 0.6) is 0 Å². The first-order valence-electron chi connectivity index (χ1n) is 15.4. The Hall–Kier alpha value is -5.79. The van der Waals surface area contributed by atoms with Crippen LogP contribution < -0.4 is 0 Å². The topological polar surface area (TPSA) is 12.9 Å². The number of hydrogen-bond acceptors (Lipinski definition) is 1. The highest BCUT2D eigenvalue weighted by Crippen LogP contribution is 2.56. The fourth-order valence-corrected chi connectivity index (χ4v) is 9.15. The van der Waals surface area contributed by atoms with Gasteiger partial charge in [0.05, 0.1) is 5.52 Å². The molecule has 44 heavy (non-hydrogen) atoms. The molecule has 11 aromatic carbocycles. The van der Waals surface area contributed by atoms with Crippen molar-refractivity contribution in [2.75, 3.05) is 0 Å². The van der Waals surface area contributed by atoms with E-state index in [4.69, 9.17) is 4.98 Å². The second kappa shape index (κ2) is 7.22. The number of fused-ring (bicyclic) bond motifs is 9. The van der Waals surface area contributed by atoms with Gasteiger partial charge in [-0.1, -0.05) is 115 Å². The normalized spacial score (nSPS) is 13.0. The van der Waals surface area contributed by atoms with Crippen LogP contribution in [-0.2, 0) is 0 Å². The molecule has 1 heterocycles. The molecule has 0 atom stereocenters. The molecule has 0 saturated heterocycles. The molecule has 0 saturated carbocycles. The monoisotopic (exact) mass is 551 g/mol. The Morgan fingerprint density at radius 1 is 0.250 bits per heavy atom. The van der Waals surface area contributed by atoms with Crippen molar-refractivity contribution in [1.29, 1.82) is 0 Å². The van der Waals surface area contributed by atoms with Crippen LogP contribution in [0.4, 0.5) is 0 Å². The Labute approximate surface area is 250 Å². The van der Waals surface area contributed by atoms with Gasteiger partial charge in [0.1, 0.15) is 0 Å². The maximum Gasteiger partial charge on any atom is 0.0708 e. The Morgan fingerprint density at radius 2 is 0.614 bits per heavy atom. The van der Waals surface area contributed by atoms with Gasteiger partial charge in [0.25, 0.3) is 0 Å². The van der Waals surface area contributed by atoms with Crippen molar-refractivity contribution >= 4 is 119 Å². The van der Waals surface area contributed by atoms with E-state index in [1.54, 1.807) is 0 Å². The third-order valence-corrected chi connectivity index (χ3v) is 10.7. The zero-order valence-corrected chi connectivity index (χ0v) is 23.6. The number of benzene rings is 11. The summed E-state index contributed by atoms with van der Waals surface area (Å²) in [5.74, 6) is 0. The van der Waals surface area contributed by atoms with Crippen molar-refractivity contribution in [2.45, 2.75) is 0 Å². The first-order chi connectivity index (χ1) is 21.9. The summed E-state index contributed by atoms with van der Waals surface area (Å²) >= 11 is 0. The van der Waals surface area contributed by atoms with Crippen LogP contribution in [-0.4, -0.2) is 4.98 Å². The summed E-state index contributed by atoms with van der Waals surface area (Å²) in [6.07, 6.45) is 2.09. The van der Waals surface area contributed by atoms with Gasteiger partial charge in [-0.05, 0) is 97.6 Å². The highest BCUT2D eigenvalue weighted by molar-refractivity contribution is 6.57. The molecule has 1 heteroatoms. The summed E-state index contributed by atoms with van der Waals surface area (Å²) < 4.78 is 0. The van der Waals surface area contributed by atoms with Crippen LogP contribution in [0.1, 0.15) is 0 Å². The minimum Gasteiger partial charge on any atom is -0.256 e. The van der Waals surface area contributed by atoms with Crippen LogP contribution >= 0.6 is 0 Å². The minimum atomic E-state index is 1.02. The van der Waals surface area contributed by atoms with Crippen LogP contribution in [0.15, 0.2) is 128 Å². The zero-order valence-electron chi connectivity index (χ0n) is 23.6. The average molecular weight is 552 g/mol. The minimum absolute atomic E-state index is 1.02. The Kier molecular flexibility index (Phi) is 3.58. The lowest BCUT2D eigenvalue weighted by atomic mass is 9.76. The molecule has 0 aliphatic heterocycles. The van der Waals surface area contributed by atoms with Gasteiger partial charge in [0.2, 0.25) is 0 Å². The van der Waals surface area contributed by atoms with E-state index in [0.29, 0.717) is 0 Å². The summed E-state index contributed by atoms with van der Waals surface area (Å²) in [4.78, 5) is 5.16. The molecular weight excluding hydrogens is 530 g/mol. The lowest BCUT2D eigenvalue weighted by Crippen LogP contribution is -1.97. The van der Waals surface area contributed by atoms with E-state index >= 15 is 0 Å². The maximum absolute atomic E-state index is 5.16.